The van der Waals surface area contributed by atoms with E-state index in [2.05, 4.69) is 4.98 Å². The van der Waals surface area contributed by atoms with Crippen molar-refractivity contribution in [1.82, 2.24) is 4.98 Å². The Bertz CT molecular complexity index is 274. The highest BCUT2D eigenvalue weighted by molar-refractivity contribution is 5.43. The highest BCUT2D eigenvalue weighted by atomic mass is 16.5. The van der Waals surface area contributed by atoms with Crippen molar-refractivity contribution in [2.24, 2.45) is 0 Å². The molecule has 11 heavy (non-hydrogen) atoms. The van der Waals surface area contributed by atoms with Crippen LogP contribution >= 0.6 is 0 Å². The molecule has 1 rings (SSSR count). The Labute approximate surface area is 61.1 Å². The summed E-state index contributed by atoms with van der Waals surface area (Å²) >= 11 is 0. The molecule has 1 heterocycles. The van der Waals surface area contributed by atoms with Crippen LogP contribution in [-0.2, 0) is 0 Å². The minimum Gasteiger partial charge on any atom is -0.740 e. The summed E-state index contributed by atoms with van der Waals surface area (Å²) in [6.45, 7) is 0. The van der Waals surface area contributed by atoms with Crippen molar-refractivity contribution in [3.05, 3.63) is 5.21 Å². The van der Waals surface area contributed by atoms with Gasteiger partial charge in [-0.2, -0.15) is 4.98 Å². The third kappa shape index (κ3) is 0.914. The van der Waals surface area contributed by atoms with Crippen molar-refractivity contribution in [3.63, 3.8) is 0 Å². The van der Waals surface area contributed by atoms with Gasteiger partial charge in [0.05, 0.1) is 0 Å². The van der Waals surface area contributed by atoms with Crippen LogP contribution < -0.4 is 16.2 Å². The maximum atomic E-state index is 10.7. The van der Waals surface area contributed by atoms with E-state index in [0.717, 1.165) is 0 Å². The van der Waals surface area contributed by atoms with Crippen LogP contribution in [-0.4, -0.2) is 15.2 Å². The first-order valence-corrected chi connectivity index (χ1v) is 2.60. The Balaban J connectivity index is 3.46. The van der Waals surface area contributed by atoms with E-state index in [1.807, 2.05) is 0 Å². The molecule has 0 radical (unpaired) electrons. The van der Waals surface area contributed by atoms with Gasteiger partial charge in [0.25, 0.3) is 23.4 Å². The molecule has 0 atom stereocenters. The molecule has 0 saturated carbocycles. The lowest BCUT2D eigenvalue weighted by atomic mass is 10.6. The van der Waals surface area contributed by atoms with E-state index in [1.165, 1.54) is 0 Å². The standard InChI is InChI=1S/C4H6N4O3/c5-1-3(9)7-4(10)2(6)8(1)11/h5-6H2,(H2,7,9,10). The minimum absolute atomic E-state index is 0.0162. The molecule has 1 aromatic heterocycles. The van der Waals surface area contributed by atoms with E-state index in [-0.39, 0.29) is 4.73 Å². The highest BCUT2D eigenvalue weighted by Crippen LogP contribution is 2.19. The van der Waals surface area contributed by atoms with Crippen LogP contribution in [0.5, 0.6) is 11.8 Å². The van der Waals surface area contributed by atoms with Crippen LogP contribution in [0.25, 0.3) is 0 Å². The minimum atomic E-state index is -0.744. The van der Waals surface area contributed by atoms with Crippen molar-refractivity contribution in [2.45, 2.75) is 0 Å². The van der Waals surface area contributed by atoms with Crippen molar-refractivity contribution in [3.8, 4) is 11.8 Å². The maximum Gasteiger partial charge on any atom is 0.289 e. The molecule has 0 bridgehead atoms. The molecule has 0 fully saturated rings. The lowest BCUT2D eigenvalue weighted by molar-refractivity contribution is -0.575. The van der Waals surface area contributed by atoms with Crippen LogP contribution in [0.1, 0.15) is 0 Å². The zero-order chi connectivity index (χ0) is 8.59. The molecule has 0 amide bonds. The molecule has 7 heteroatoms. The van der Waals surface area contributed by atoms with Gasteiger partial charge in [-0.3, -0.25) is 0 Å². The van der Waals surface area contributed by atoms with Crippen LogP contribution in [0, 0.1) is 5.21 Å². The van der Waals surface area contributed by atoms with Gasteiger partial charge >= 0.3 is 0 Å². The average Bonchev–Trinajstić information content (AvgIpc) is 1.97. The van der Waals surface area contributed by atoms with Crippen LogP contribution in [0.15, 0.2) is 0 Å². The number of nitrogens with zero attached hydrogens (tertiary/aromatic N) is 2. The zero-order valence-corrected chi connectivity index (χ0v) is 5.35. The topological polar surface area (TPSA) is 132 Å². The van der Waals surface area contributed by atoms with Gasteiger partial charge in [-0.25, -0.2) is 4.73 Å². The number of anilines is 2. The van der Waals surface area contributed by atoms with Gasteiger partial charge in [-0.1, -0.05) is 0 Å². The summed E-state index contributed by atoms with van der Waals surface area (Å²) in [7, 11) is 0. The molecule has 0 saturated heterocycles. The molecular weight excluding hydrogens is 152 g/mol. The molecule has 1 aromatic rings. The summed E-state index contributed by atoms with van der Waals surface area (Å²) in [5.41, 5.74) is 10.00. The quantitative estimate of drug-likeness (QED) is 0.262. The summed E-state index contributed by atoms with van der Waals surface area (Å²) in [5.74, 6) is -2.57. The fourth-order valence-corrected chi connectivity index (χ4v) is 0.526. The largest absolute Gasteiger partial charge is 0.740 e. The molecule has 7 nitrogen and oxygen atoms in total. The van der Waals surface area contributed by atoms with Gasteiger partial charge in [-0.15, -0.1) is 0 Å². The molecule has 0 aliphatic heterocycles. The summed E-state index contributed by atoms with van der Waals surface area (Å²) in [6.07, 6.45) is 0. The first-order valence-electron chi connectivity index (χ1n) is 2.60. The molecule has 60 valence electrons. The number of nitrogen functional groups attached to an aromatic ring is 2. The normalized spacial score (nSPS) is 9.82. The Kier molecular flexibility index (Phi) is 1.34. The van der Waals surface area contributed by atoms with Gasteiger partial charge in [-0.05, 0) is 0 Å². The molecule has 0 aromatic carbocycles. The molecule has 0 spiro atoms. The van der Waals surface area contributed by atoms with Crippen LogP contribution in [0.2, 0.25) is 0 Å². The van der Waals surface area contributed by atoms with Crippen molar-refractivity contribution >= 4 is 11.6 Å². The Morgan fingerprint density at radius 3 is 1.91 bits per heavy atom. The van der Waals surface area contributed by atoms with Gasteiger partial charge in [0.15, 0.2) is 0 Å². The fraction of sp³-hybridized carbons (Fsp3) is 0. The second-order valence-electron chi connectivity index (χ2n) is 1.82. The van der Waals surface area contributed by atoms with E-state index in [0.29, 0.717) is 0 Å². The number of nitrogens with two attached hydrogens (primary N) is 2. The first-order chi connectivity index (χ1) is 5.04. The molecule has 0 aliphatic rings. The van der Waals surface area contributed by atoms with E-state index in [4.69, 9.17) is 21.7 Å². The van der Waals surface area contributed by atoms with Gasteiger partial charge in [0.1, 0.15) is 0 Å². The summed E-state index contributed by atoms with van der Waals surface area (Å²) in [4.78, 5) is 3.07. The predicted molar refractivity (Wildman–Crippen MR) is 35.4 cm³/mol. The maximum absolute atomic E-state index is 10.7. The Morgan fingerprint density at radius 1 is 1.18 bits per heavy atom. The van der Waals surface area contributed by atoms with E-state index >= 15 is 0 Å². The van der Waals surface area contributed by atoms with E-state index in [1.54, 1.807) is 0 Å². The van der Waals surface area contributed by atoms with Crippen LogP contribution in [0.4, 0.5) is 11.6 Å². The van der Waals surface area contributed by atoms with Crippen molar-refractivity contribution < 1.29 is 14.9 Å². The summed E-state index contributed by atoms with van der Waals surface area (Å²) in [5, 5.41) is 28.2. The Morgan fingerprint density at radius 2 is 1.55 bits per heavy atom. The van der Waals surface area contributed by atoms with Gasteiger partial charge < -0.3 is 26.9 Å². The highest BCUT2D eigenvalue weighted by Gasteiger charge is 2.13. The summed E-state index contributed by atoms with van der Waals surface area (Å²) < 4.78 is -0.0162. The number of aromatic hydroxyl groups is 2. The molecule has 0 aliphatic carbocycles. The lowest BCUT2D eigenvalue weighted by Crippen LogP contribution is -2.34. The number of hydrogen-bond acceptors (Lipinski definition) is 6. The second-order valence-corrected chi connectivity index (χ2v) is 1.82. The molecular formula is C4H6N4O3. The Hall–Kier alpha value is -1.92. The smallest absolute Gasteiger partial charge is 0.289 e. The van der Waals surface area contributed by atoms with E-state index < -0.39 is 23.4 Å². The molecule has 0 unspecified atom stereocenters. The lowest BCUT2D eigenvalue weighted by Gasteiger charge is -2.09. The monoisotopic (exact) mass is 158 g/mol. The summed E-state index contributed by atoms with van der Waals surface area (Å²) in [6, 6.07) is 0. The van der Waals surface area contributed by atoms with Crippen molar-refractivity contribution in [1.29, 1.82) is 0 Å². The fourth-order valence-electron chi connectivity index (χ4n) is 0.526. The zero-order valence-electron chi connectivity index (χ0n) is 5.35. The molecule has 6 N–H and O–H groups in total. The number of aromatic nitrogens is 2. The third-order valence-electron chi connectivity index (χ3n) is 1.11. The second kappa shape index (κ2) is 2.04. The van der Waals surface area contributed by atoms with Crippen LogP contribution in [0.3, 0.4) is 0 Å². The first kappa shape index (κ1) is 7.19. The third-order valence-corrected chi connectivity index (χ3v) is 1.11. The number of rotatable bonds is 0. The van der Waals surface area contributed by atoms with Gasteiger partial charge in [0.2, 0.25) is 0 Å². The van der Waals surface area contributed by atoms with Crippen molar-refractivity contribution in [2.75, 3.05) is 11.5 Å². The average molecular weight is 158 g/mol. The van der Waals surface area contributed by atoms with E-state index in [9.17, 15) is 5.21 Å². The number of hydrogen-bond donors (Lipinski definition) is 4. The predicted octanol–water partition coefficient (Wildman–Crippen LogP) is -1.71. The SMILES string of the molecule is Nc1c(O)nc(O)c(N)[n+]1[O-]. The van der Waals surface area contributed by atoms with Gasteiger partial charge in [0, 0.05) is 0 Å².